The number of benzene rings is 2. The van der Waals surface area contributed by atoms with Crippen molar-refractivity contribution in [3.8, 4) is 5.75 Å². The van der Waals surface area contributed by atoms with Gasteiger partial charge < -0.3 is 4.74 Å². The molecule has 2 aliphatic carbocycles. The van der Waals surface area contributed by atoms with Crippen LogP contribution in [0.1, 0.15) is 28.7 Å². The van der Waals surface area contributed by atoms with Crippen molar-refractivity contribution in [1.82, 2.24) is 0 Å². The zero-order valence-corrected chi connectivity index (χ0v) is 11.5. The molecule has 0 atom stereocenters. The summed E-state index contributed by atoms with van der Waals surface area (Å²) in [7, 11) is 1.74. The Morgan fingerprint density at radius 1 is 1.05 bits per heavy atom. The fraction of sp³-hybridized carbons (Fsp3) is 0.158. The Morgan fingerprint density at radius 3 is 2.70 bits per heavy atom. The van der Waals surface area contributed by atoms with Crippen molar-refractivity contribution >= 4 is 11.1 Å². The van der Waals surface area contributed by atoms with Gasteiger partial charge in [-0.05, 0) is 64.5 Å². The van der Waals surface area contributed by atoms with E-state index in [0.29, 0.717) is 0 Å². The number of hydrogen-bond acceptors (Lipinski definition) is 1. The van der Waals surface area contributed by atoms with Gasteiger partial charge in [-0.1, -0.05) is 36.4 Å². The zero-order chi connectivity index (χ0) is 13.5. The summed E-state index contributed by atoms with van der Waals surface area (Å²) in [4.78, 5) is 0. The third-order valence-corrected chi connectivity index (χ3v) is 4.17. The summed E-state index contributed by atoms with van der Waals surface area (Å²) in [6, 6.07) is 15.0. The highest BCUT2D eigenvalue weighted by atomic mass is 16.5. The lowest BCUT2D eigenvalue weighted by molar-refractivity contribution is 0.414. The van der Waals surface area contributed by atoms with Gasteiger partial charge in [0.15, 0.2) is 0 Å². The normalized spacial score (nSPS) is 15.4. The molecule has 20 heavy (non-hydrogen) atoms. The van der Waals surface area contributed by atoms with Crippen molar-refractivity contribution in [3.05, 3.63) is 76.9 Å². The molecular formula is C19H16O. The van der Waals surface area contributed by atoms with Crippen molar-refractivity contribution in [2.75, 3.05) is 7.11 Å². The van der Waals surface area contributed by atoms with Crippen LogP contribution >= 0.6 is 0 Å². The second-order valence-corrected chi connectivity index (χ2v) is 5.33. The van der Waals surface area contributed by atoms with E-state index >= 15 is 0 Å². The number of rotatable bonds is 2. The minimum absolute atomic E-state index is 0.962. The summed E-state index contributed by atoms with van der Waals surface area (Å²) in [5, 5.41) is 0. The minimum Gasteiger partial charge on any atom is -0.497 e. The average molecular weight is 260 g/mol. The lowest BCUT2D eigenvalue weighted by atomic mass is 9.89. The third kappa shape index (κ3) is 1.63. The van der Waals surface area contributed by atoms with Crippen LogP contribution in [-0.4, -0.2) is 7.11 Å². The first kappa shape index (κ1) is 11.5. The molecule has 0 spiro atoms. The molecule has 0 saturated heterocycles. The molecule has 0 heterocycles. The SMILES string of the molecule is COc1cc2c3c(c1)C(c1ccccc1)=CC3=CCC2. The standard InChI is InChI=1S/C19H16O/c1-20-16-10-14-8-5-9-15-11-17(18(12-16)19(14)15)13-6-3-2-4-7-13/h2-4,6-7,9-12H,5,8H2,1H3. The molecular weight excluding hydrogens is 244 g/mol. The first-order valence-corrected chi connectivity index (χ1v) is 7.06. The highest BCUT2D eigenvalue weighted by molar-refractivity contribution is 6.02. The van der Waals surface area contributed by atoms with Gasteiger partial charge in [0.25, 0.3) is 0 Å². The van der Waals surface area contributed by atoms with E-state index in [2.05, 4.69) is 54.6 Å². The number of ether oxygens (including phenoxy) is 1. The van der Waals surface area contributed by atoms with E-state index in [1.165, 1.54) is 33.4 Å². The molecule has 98 valence electrons. The highest BCUT2D eigenvalue weighted by Crippen LogP contribution is 2.45. The van der Waals surface area contributed by atoms with Crippen LogP contribution in [-0.2, 0) is 6.42 Å². The largest absolute Gasteiger partial charge is 0.497 e. The number of hydrogen-bond donors (Lipinski definition) is 0. The molecule has 2 aromatic rings. The molecule has 0 radical (unpaired) electrons. The van der Waals surface area contributed by atoms with Crippen molar-refractivity contribution in [3.63, 3.8) is 0 Å². The minimum atomic E-state index is 0.962. The van der Waals surface area contributed by atoms with Gasteiger partial charge >= 0.3 is 0 Å². The second-order valence-electron chi connectivity index (χ2n) is 5.33. The highest BCUT2D eigenvalue weighted by Gasteiger charge is 2.25. The molecule has 0 unspecified atom stereocenters. The summed E-state index contributed by atoms with van der Waals surface area (Å²) < 4.78 is 5.48. The van der Waals surface area contributed by atoms with Crippen LogP contribution in [0.15, 0.2) is 54.6 Å². The first-order valence-electron chi connectivity index (χ1n) is 7.06. The number of methoxy groups -OCH3 is 1. The van der Waals surface area contributed by atoms with Gasteiger partial charge in [0, 0.05) is 0 Å². The van der Waals surface area contributed by atoms with Crippen LogP contribution in [0.5, 0.6) is 5.75 Å². The Morgan fingerprint density at radius 2 is 1.90 bits per heavy atom. The summed E-state index contributed by atoms with van der Waals surface area (Å²) in [5.74, 6) is 0.962. The summed E-state index contributed by atoms with van der Waals surface area (Å²) in [5.41, 5.74) is 8.11. The lowest BCUT2D eigenvalue weighted by Crippen LogP contribution is -2.00. The van der Waals surface area contributed by atoms with Gasteiger partial charge in [0.05, 0.1) is 7.11 Å². The van der Waals surface area contributed by atoms with Crippen LogP contribution in [0.4, 0.5) is 0 Å². The zero-order valence-electron chi connectivity index (χ0n) is 11.5. The van der Waals surface area contributed by atoms with Crippen LogP contribution in [0.2, 0.25) is 0 Å². The number of aryl methyl sites for hydroxylation is 1. The van der Waals surface area contributed by atoms with E-state index in [4.69, 9.17) is 4.74 Å². The van der Waals surface area contributed by atoms with Crippen LogP contribution in [0.25, 0.3) is 11.1 Å². The van der Waals surface area contributed by atoms with E-state index in [1.807, 2.05) is 0 Å². The predicted molar refractivity (Wildman–Crippen MR) is 82.8 cm³/mol. The fourth-order valence-electron chi connectivity index (χ4n) is 3.25. The predicted octanol–water partition coefficient (Wildman–Crippen LogP) is 4.47. The maximum atomic E-state index is 5.48. The molecule has 0 saturated carbocycles. The molecule has 0 fully saturated rings. The molecule has 4 rings (SSSR count). The van der Waals surface area contributed by atoms with Crippen LogP contribution in [0.3, 0.4) is 0 Å². The second kappa shape index (κ2) is 4.38. The summed E-state index contributed by atoms with van der Waals surface area (Å²) in [6.07, 6.45) is 6.91. The average Bonchev–Trinajstić information content (AvgIpc) is 2.89. The molecule has 1 nitrogen and oxygen atoms in total. The van der Waals surface area contributed by atoms with E-state index in [0.717, 1.165) is 18.6 Å². The van der Waals surface area contributed by atoms with E-state index in [-0.39, 0.29) is 0 Å². The van der Waals surface area contributed by atoms with Crippen LogP contribution < -0.4 is 4.74 Å². The summed E-state index contributed by atoms with van der Waals surface area (Å²) in [6.45, 7) is 0. The molecule has 0 aromatic heterocycles. The van der Waals surface area contributed by atoms with Gasteiger partial charge in [-0.25, -0.2) is 0 Å². The van der Waals surface area contributed by atoms with Gasteiger partial charge in [-0.15, -0.1) is 0 Å². The summed E-state index contributed by atoms with van der Waals surface area (Å²) >= 11 is 0. The first-order chi connectivity index (χ1) is 9.86. The van der Waals surface area contributed by atoms with E-state index in [9.17, 15) is 0 Å². The van der Waals surface area contributed by atoms with Gasteiger partial charge in [-0.2, -0.15) is 0 Å². The molecule has 0 N–H and O–H groups in total. The van der Waals surface area contributed by atoms with Gasteiger partial charge in [-0.3, -0.25) is 0 Å². The van der Waals surface area contributed by atoms with Crippen molar-refractivity contribution < 1.29 is 4.74 Å². The third-order valence-electron chi connectivity index (χ3n) is 4.17. The Balaban J connectivity index is 1.97. The smallest absolute Gasteiger partial charge is 0.119 e. The van der Waals surface area contributed by atoms with Crippen LogP contribution in [0, 0.1) is 0 Å². The quantitative estimate of drug-likeness (QED) is 0.774. The van der Waals surface area contributed by atoms with Crippen molar-refractivity contribution in [1.29, 1.82) is 0 Å². The molecule has 1 heteroatoms. The molecule has 2 aromatic carbocycles. The molecule has 0 aliphatic heterocycles. The maximum absolute atomic E-state index is 5.48. The Bertz CT molecular complexity index is 736. The van der Waals surface area contributed by atoms with Gasteiger partial charge in [0.2, 0.25) is 0 Å². The monoisotopic (exact) mass is 260 g/mol. The molecule has 2 aliphatic rings. The number of allylic oxidation sites excluding steroid dienone is 3. The van der Waals surface area contributed by atoms with E-state index in [1.54, 1.807) is 7.11 Å². The van der Waals surface area contributed by atoms with Crippen molar-refractivity contribution in [2.45, 2.75) is 12.8 Å². The Labute approximate surface area is 119 Å². The van der Waals surface area contributed by atoms with Crippen molar-refractivity contribution in [2.24, 2.45) is 0 Å². The fourth-order valence-corrected chi connectivity index (χ4v) is 3.25. The molecule has 0 amide bonds. The topological polar surface area (TPSA) is 9.23 Å². The lowest BCUT2D eigenvalue weighted by Gasteiger charge is -2.16. The Kier molecular flexibility index (Phi) is 2.53. The molecule has 0 bridgehead atoms. The van der Waals surface area contributed by atoms with Gasteiger partial charge in [0.1, 0.15) is 5.75 Å². The van der Waals surface area contributed by atoms with E-state index < -0.39 is 0 Å². The Hall–Kier alpha value is -2.28. The maximum Gasteiger partial charge on any atom is 0.119 e.